The van der Waals surface area contributed by atoms with E-state index in [2.05, 4.69) is 47.7 Å². The molecule has 68 valence electrons. The lowest BCUT2D eigenvalue weighted by Crippen LogP contribution is -1.69. The van der Waals surface area contributed by atoms with E-state index in [1.54, 1.807) is 0 Å². The summed E-state index contributed by atoms with van der Waals surface area (Å²) in [5.41, 5.74) is 3.47. The van der Waals surface area contributed by atoms with Crippen molar-refractivity contribution in [3.63, 3.8) is 0 Å². The fourth-order valence-electron chi connectivity index (χ4n) is 1.89. The molecule has 0 spiro atoms. The maximum atomic E-state index is 4.56. The van der Waals surface area contributed by atoms with Gasteiger partial charge in [0.05, 0.1) is 10.8 Å². The fourth-order valence-corrected chi connectivity index (χ4v) is 1.89. The van der Waals surface area contributed by atoms with Crippen LogP contribution in [0.2, 0.25) is 0 Å². The van der Waals surface area contributed by atoms with Gasteiger partial charge in [0.2, 0.25) is 0 Å². The Morgan fingerprint density at radius 3 is 2.57 bits per heavy atom. The average molecular weight is 183 g/mol. The van der Waals surface area contributed by atoms with E-state index in [4.69, 9.17) is 0 Å². The quantitative estimate of drug-likeness (QED) is 0.467. The molecule has 0 fully saturated rings. The summed E-state index contributed by atoms with van der Waals surface area (Å²) in [6.07, 6.45) is 0. The highest BCUT2D eigenvalue weighted by Crippen LogP contribution is 2.28. The number of furan rings is 1. The summed E-state index contributed by atoms with van der Waals surface area (Å²) in [6.45, 7) is 2.11. The van der Waals surface area contributed by atoms with Gasteiger partial charge in [-0.1, -0.05) is 18.2 Å². The summed E-state index contributed by atoms with van der Waals surface area (Å²) < 4.78 is 4.56. The van der Waals surface area contributed by atoms with Crippen molar-refractivity contribution in [2.45, 2.75) is 6.92 Å². The number of aryl methyl sites for hydroxylation is 1. The van der Waals surface area contributed by atoms with E-state index < -0.39 is 0 Å². The van der Waals surface area contributed by atoms with E-state index in [0.29, 0.717) is 0 Å². The minimum Gasteiger partial charge on any atom is -0.545 e. The van der Waals surface area contributed by atoms with E-state index in [-0.39, 0.29) is 0 Å². The number of hydrogen-bond donors (Lipinski definition) is 0. The molecule has 0 aliphatic carbocycles. The van der Waals surface area contributed by atoms with Crippen molar-refractivity contribution in [3.05, 3.63) is 48.0 Å². The van der Waals surface area contributed by atoms with Crippen LogP contribution in [0.1, 0.15) is 5.56 Å². The Labute approximate surface area is 82.0 Å². The van der Waals surface area contributed by atoms with Gasteiger partial charge < -0.3 is 4.42 Å². The number of fused-ring (bicyclic) bond motifs is 3. The molecule has 0 radical (unpaired) electrons. The van der Waals surface area contributed by atoms with E-state index >= 15 is 0 Å². The summed E-state index contributed by atoms with van der Waals surface area (Å²) in [5.74, 6) is 0. The van der Waals surface area contributed by atoms with Crippen LogP contribution in [0.15, 0.2) is 46.9 Å². The molecule has 2 aromatic carbocycles. The SMILES string of the molecule is Cc1ccc2[oH+]c3ccccc3c2c1. The molecule has 0 atom stereocenters. The summed E-state index contributed by atoms with van der Waals surface area (Å²) in [5, 5.41) is 2.52. The van der Waals surface area contributed by atoms with Crippen LogP contribution in [0.5, 0.6) is 0 Å². The molecule has 0 amide bonds. The number of hydrogen-bond acceptors (Lipinski definition) is 0. The van der Waals surface area contributed by atoms with Crippen LogP contribution < -0.4 is 0 Å². The Hall–Kier alpha value is -1.76. The van der Waals surface area contributed by atoms with Crippen molar-refractivity contribution in [1.29, 1.82) is 0 Å². The van der Waals surface area contributed by atoms with E-state index in [1.807, 2.05) is 6.07 Å². The maximum absolute atomic E-state index is 4.56. The molecular formula is C13H11O+. The molecule has 0 aliphatic rings. The lowest BCUT2D eigenvalue weighted by molar-refractivity contribution is 0.669. The van der Waals surface area contributed by atoms with Gasteiger partial charge in [0.25, 0.3) is 11.2 Å². The monoisotopic (exact) mass is 183 g/mol. The van der Waals surface area contributed by atoms with Crippen molar-refractivity contribution in [3.8, 4) is 0 Å². The molecule has 14 heavy (non-hydrogen) atoms. The standard InChI is InChI=1S/C13H10O/c1-9-6-7-13-11(8-9)10-4-2-3-5-12(10)14-13/h2-8H,1H3/p+1. The first-order valence-electron chi connectivity index (χ1n) is 4.76. The first-order chi connectivity index (χ1) is 6.84. The molecular weight excluding hydrogens is 172 g/mol. The van der Waals surface area contributed by atoms with Crippen LogP contribution >= 0.6 is 0 Å². The first kappa shape index (κ1) is 7.63. The summed E-state index contributed by atoms with van der Waals surface area (Å²) >= 11 is 0. The van der Waals surface area contributed by atoms with Crippen LogP contribution in [-0.2, 0) is 0 Å². The molecule has 1 N–H and O–H groups in total. The largest absolute Gasteiger partial charge is 0.545 e. The van der Waals surface area contributed by atoms with Crippen molar-refractivity contribution < 1.29 is 4.42 Å². The molecule has 0 unspecified atom stereocenters. The van der Waals surface area contributed by atoms with Gasteiger partial charge in [-0.05, 0) is 24.6 Å². The van der Waals surface area contributed by atoms with Crippen molar-refractivity contribution >= 4 is 21.9 Å². The predicted molar refractivity (Wildman–Crippen MR) is 59.6 cm³/mol. The maximum Gasteiger partial charge on any atom is 0.269 e. The third kappa shape index (κ3) is 0.956. The number of rotatable bonds is 0. The molecule has 0 saturated heterocycles. The normalized spacial score (nSPS) is 11.2. The molecule has 0 aliphatic heterocycles. The van der Waals surface area contributed by atoms with E-state index in [1.165, 1.54) is 16.3 Å². The molecule has 0 saturated carbocycles. The summed E-state index contributed by atoms with van der Waals surface area (Å²) in [7, 11) is 0. The molecule has 1 nitrogen and oxygen atoms in total. The van der Waals surface area contributed by atoms with Crippen molar-refractivity contribution in [2.24, 2.45) is 0 Å². The fraction of sp³-hybridized carbons (Fsp3) is 0.0769. The first-order valence-corrected chi connectivity index (χ1v) is 4.76. The highest BCUT2D eigenvalue weighted by molar-refractivity contribution is 6.04. The highest BCUT2D eigenvalue weighted by Gasteiger charge is 2.10. The molecule has 3 aromatic rings. The van der Waals surface area contributed by atoms with Gasteiger partial charge in [0, 0.05) is 12.1 Å². The third-order valence-electron chi connectivity index (χ3n) is 2.59. The Balaban J connectivity index is 2.58. The molecule has 1 aromatic heterocycles. The van der Waals surface area contributed by atoms with Crippen molar-refractivity contribution in [2.75, 3.05) is 0 Å². The van der Waals surface area contributed by atoms with Gasteiger partial charge >= 0.3 is 0 Å². The summed E-state index contributed by atoms with van der Waals surface area (Å²) in [6, 6.07) is 14.7. The topological polar surface area (TPSA) is 12.8 Å². The second-order valence-corrected chi connectivity index (χ2v) is 3.65. The third-order valence-corrected chi connectivity index (χ3v) is 2.59. The van der Waals surface area contributed by atoms with Crippen molar-refractivity contribution in [1.82, 2.24) is 0 Å². The molecule has 1 heteroatoms. The predicted octanol–water partition coefficient (Wildman–Crippen LogP) is 4.01. The minimum atomic E-state index is 1.09. The van der Waals surface area contributed by atoms with Gasteiger partial charge in [0.15, 0.2) is 0 Å². The smallest absolute Gasteiger partial charge is 0.269 e. The number of benzene rings is 2. The lowest BCUT2D eigenvalue weighted by Gasteiger charge is -1.87. The molecule has 0 bridgehead atoms. The van der Waals surface area contributed by atoms with Crippen LogP contribution in [0.25, 0.3) is 21.9 Å². The van der Waals surface area contributed by atoms with E-state index in [0.717, 1.165) is 11.2 Å². The van der Waals surface area contributed by atoms with Gasteiger partial charge in [0.1, 0.15) is 0 Å². The molecule has 1 heterocycles. The Morgan fingerprint density at radius 2 is 1.64 bits per heavy atom. The van der Waals surface area contributed by atoms with E-state index in [9.17, 15) is 0 Å². The Morgan fingerprint density at radius 1 is 0.857 bits per heavy atom. The Bertz CT molecular complexity index is 605. The second-order valence-electron chi connectivity index (χ2n) is 3.65. The molecule has 3 rings (SSSR count). The van der Waals surface area contributed by atoms with Crippen LogP contribution in [0.4, 0.5) is 0 Å². The van der Waals surface area contributed by atoms with Gasteiger partial charge in [-0.3, -0.25) is 0 Å². The van der Waals surface area contributed by atoms with Crippen LogP contribution in [0.3, 0.4) is 0 Å². The van der Waals surface area contributed by atoms with Crippen LogP contribution in [-0.4, -0.2) is 0 Å². The average Bonchev–Trinajstić information content (AvgIpc) is 2.56. The Kier molecular flexibility index (Phi) is 1.42. The van der Waals surface area contributed by atoms with Gasteiger partial charge in [-0.2, -0.15) is 0 Å². The highest BCUT2D eigenvalue weighted by atomic mass is 16.3. The zero-order chi connectivity index (χ0) is 9.54. The van der Waals surface area contributed by atoms with Crippen LogP contribution in [0, 0.1) is 6.92 Å². The van der Waals surface area contributed by atoms with Gasteiger partial charge in [-0.15, -0.1) is 0 Å². The number of para-hydroxylation sites is 1. The summed E-state index contributed by atoms with van der Waals surface area (Å²) in [4.78, 5) is 0. The zero-order valence-corrected chi connectivity index (χ0v) is 7.99. The zero-order valence-electron chi connectivity index (χ0n) is 7.99. The second kappa shape index (κ2) is 2.61. The van der Waals surface area contributed by atoms with Gasteiger partial charge in [-0.25, -0.2) is 0 Å². The minimum absolute atomic E-state index is 1.09. The lowest BCUT2D eigenvalue weighted by atomic mass is 10.1.